The number of guanidine groups is 1. The normalized spacial score (nSPS) is 16.5. The number of amides is 1. The molecule has 4 N–H and O–H groups in total. The van der Waals surface area contributed by atoms with Crippen LogP contribution in [-0.4, -0.2) is 24.5 Å². The highest BCUT2D eigenvalue weighted by Crippen LogP contribution is 2.17. The van der Waals surface area contributed by atoms with Gasteiger partial charge in [0.2, 0.25) is 5.91 Å². The summed E-state index contributed by atoms with van der Waals surface area (Å²) in [5.41, 5.74) is 6.18. The van der Waals surface area contributed by atoms with Crippen molar-refractivity contribution in [3.8, 4) is 0 Å². The van der Waals surface area contributed by atoms with E-state index < -0.39 is 5.82 Å². The van der Waals surface area contributed by atoms with Gasteiger partial charge in [0.15, 0.2) is 5.96 Å². The van der Waals surface area contributed by atoms with Crippen molar-refractivity contribution in [2.75, 3.05) is 11.9 Å². The van der Waals surface area contributed by atoms with Gasteiger partial charge in [0.05, 0.1) is 0 Å². The van der Waals surface area contributed by atoms with E-state index in [4.69, 9.17) is 5.73 Å². The van der Waals surface area contributed by atoms with Gasteiger partial charge in [0, 0.05) is 11.7 Å². The number of carbonyl (C=O) groups excluding carboxylic acids is 1. The average Bonchev–Trinajstić information content (AvgIpc) is 2.46. The van der Waals surface area contributed by atoms with Crippen molar-refractivity contribution < 1.29 is 9.18 Å². The first-order valence-corrected chi connectivity index (χ1v) is 7.25. The minimum atomic E-state index is -0.394. The van der Waals surface area contributed by atoms with Crippen LogP contribution in [0.5, 0.6) is 0 Å². The van der Waals surface area contributed by atoms with Crippen LogP contribution < -0.4 is 16.4 Å². The number of rotatable bonds is 4. The maximum Gasteiger partial charge on any atom is 0.246 e. The van der Waals surface area contributed by atoms with Crippen LogP contribution in [0.3, 0.4) is 0 Å². The summed E-state index contributed by atoms with van der Waals surface area (Å²) in [5.74, 6) is -0.430. The van der Waals surface area contributed by atoms with Crippen molar-refractivity contribution >= 4 is 17.6 Å². The lowest BCUT2D eigenvalue weighted by Crippen LogP contribution is -2.41. The van der Waals surface area contributed by atoms with Crippen molar-refractivity contribution in [2.24, 2.45) is 10.7 Å². The molecule has 1 fully saturated rings. The Morgan fingerprint density at radius 1 is 1.33 bits per heavy atom. The predicted molar refractivity (Wildman–Crippen MR) is 81.5 cm³/mol. The number of benzene rings is 1. The summed E-state index contributed by atoms with van der Waals surface area (Å²) < 4.78 is 13.0. The molecule has 0 unspecified atom stereocenters. The molecule has 0 spiro atoms. The van der Waals surface area contributed by atoms with E-state index in [1.54, 1.807) is 6.07 Å². The van der Waals surface area contributed by atoms with Gasteiger partial charge < -0.3 is 16.4 Å². The summed E-state index contributed by atoms with van der Waals surface area (Å²) in [6.07, 6.45) is 5.85. The first-order valence-electron chi connectivity index (χ1n) is 7.25. The highest BCUT2D eigenvalue weighted by Gasteiger charge is 2.13. The van der Waals surface area contributed by atoms with E-state index in [0.717, 1.165) is 12.8 Å². The molecule has 0 heterocycles. The lowest BCUT2D eigenvalue weighted by molar-refractivity contribution is -0.114. The van der Waals surface area contributed by atoms with Gasteiger partial charge in [0.1, 0.15) is 12.4 Å². The Labute approximate surface area is 123 Å². The van der Waals surface area contributed by atoms with E-state index in [1.807, 2.05) is 0 Å². The summed E-state index contributed by atoms with van der Waals surface area (Å²) in [5, 5.41) is 5.71. The van der Waals surface area contributed by atoms with Crippen molar-refractivity contribution in [3.05, 3.63) is 30.1 Å². The zero-order chi connectivity index (χ0) is 15.1. The fourth-order valence-corrected chi connectivity index (χ4v) is 2.43. The molecular weight excluding hydrogens is 271 g/mol. The summed E-state index contributed by atoms with van der Waals surface area (Å²) >= 11 is 0. The molecule has 0 atom stereocenters. The number of nitrogens with zero attached hydrogens (tertiary/aromatic N) is 1. The third kappa shape index (κ3) is 5.41. The smallest absolute Gasteiger partial charge is 0.246 e. The fourth-order valence-electron chi connectivity index (χ4n) is 2.43. The molecule has 5 nitrogen and oxygen atoms in total. The molecule has 1 aliphatic rings. The van der Waals surface area contributed by atoms with Crippen molar-refractivity contribution in [3.63, 3.8) is 0 Å². The molecule has 114 valence electrons. The quantitative estimate of drug-likeness (QED) is 0.586. The maximum atomic E-state index is 13.0. The van der Waals surface area contributed by atoms with Crippen LogP contribution in [0.4, 0.5) is 10.1 Å². The zero-order valence-electron chi connectivity index (χ0n) is 11.9. The lowest BCUT2D eigenvalue weighted by Gasteiger charge is -2.23. The van der Waals surface area contributed by atoms with E-state index in [0.29, 0.717) is 11.7 Å². The molecule has 1 saturated carbocycles. The van der Waals surface area contributed by atoms with Crippen LogP contribution in [0, 0.1) is 5.82 Å². The second-order valence-electron chi connectivity index (χ2n) is 5.24. The molecular formula is C15H21FN4O. The Morgan fingerprint density at radius 3 is 2.81 bits per heavy atom. The second kappa shape index (κ2) is 7.61. The number of aliphatic imine (C=N–C) groups is 1. The zero-order valence-corrected chi connectivity index (χ0v) is 11.9. The molecule has 2 rings (SSSR count). The summed E-state index contributed by atoms with van der Waals surface area (Å²) in [6.45, 7) is -0.0813. The number of nitrogens with two attached hydrogens (primary N) is 1. The fraction of sp³-hybridized carbons (Fsp3) is 0.467. The molecule has 0 saturated heterocycles. The minimum Gasteiger partial charge on any atom is -0.370 e. The van der Waals surface area contributed by atoms with Crippen LogP contribution in [0.2, 0.25) is 0 Å². The standard InChI is InChI=1S/C15H21FN4O/c16-11-5-4-8-13(9-11)19-14(21)10-18-15(17)20-12-6-2-1-3-7-12/h4-5,8-9,12H,1-3,6-7,10H2,(H,19,21)(H3,17,18,20). The number of halogens is 1. The van der Waals surface area contributed by atoms with E-state index in [9.17, 15) is 9.18 Å². The van der Waals surface area contributed by atoms with Gasteiger partial charge in [-0.3, -0.25) is 4.79 Å². The van der Waals surface area contributed by atoms with Gasteiger partial charge in [-0.05, 0) is 31.0 Å². The molecule has 1 aromatic carbocycles. The largest absolute Gasteiger partial charge is 0.370 e. The number of carbonyl (C=O) groups is 1. The van der Waals surface area contributed by atoms with Gasteiger partial charge in [-0.2, -0.15) is 0 Å². The molecule has 0 radical (unpaired) electrons. The minimum absolute atomic E-state index is 0.0813. The van der Waals surface area contributed by atoms with E-state index in [1.165, 1.54) is 37.5 Å². The van der Waals surface area contributed by atoms with Crippen LogP contribution in [0.25, 0.3) is 0 Å². The first kappa shape index (κ1) is 15.3. The number of anilines is 1. The van der Waals surface area contributed by atoms with Crippen LogP contribution in [-0.2, 0) is 4.79 Å². The molecule has 6 heteroatoms. The monoisotopic (exact) mass is 292 g/mol. The van der Waals surface area contributed by atoms with Crippen molar-refractivity contribution in [2.45, 2.75) is 38.1 Å². The molecule has 1 aliphatic carbocycles. The van der Waals surface area contributed by atoms with Crippen molar-refractivity contribution in [1.29, 1.82) is 0 Å². The van der Waals surface area contributed by atoms with Gasteiger partial charge in [0.25, 0.3) is 0 Å². The van der Waals surface area contributed by atoms with E-state index in [-0.39, 0.29) is 18.4 Å². The third-order valence-electron chi connectivity index (χ3n) is 3.46. The second-order valence-corrected chi connectivity index (χ2v) is 5.24. The Hall–Kier alpha value is -2.11. The number of hydrogen-bond donors (Lipinski definition) is 3. The molecule has 0 aromatic heterocycles. The summed E-state index contributed by atoms with van der Waals surface area (Å²) in [6, 6.07) is 6.08. The van der Waals surface area contributed by atoms with Gasteiger partial charge >= 0.3 is 0 Å². The summed E-state index contributed by atoms with van der Waals surface area (Å²) in [4.78, 5) is 15.7. The maximum absolute atomic E-state index is 13.0. The van der Waals surface area contributed by atoms with Crippen molar-refractivity contribution in [1.82, 2.24) is 5.32 Å². The van der Waals surface area contributed by atoms with E-state index >= 15 is 0 Å². The lowest BCUT2D eigenvalue weighted by atomic mass is 9.96. The van der Waals surface area contributed by atoms with Crippen LogP contribution in [0.15, 0.2) is 29.3 Å². The molecule has 0 bridgehead atoms. The van der Waals surface area contributed by atoms with Gasteiger partial charge in [-0.15, -0.1) is 0 Å². The highest BCUT2D eigenvalue weighted by atomic mass is 19.1. The van der Waals surface area contributed by atoms with Gasteiger partial charge in [-0.25, -0.2) is 9.38 Å². The summed E-state index contributed by atoms with van der Waals surface area (Å²) in [7, 11) is 0. The Kier molecular flexibility index (Phi) is 5.54. The molecule has 1 amide bonds. The SMILES string of the molecule is NC(=NCC(=O)Nc1cccc(F)c1)NC1CCCCC1. The number of nitrogens with one attached hydrogen (secondary N) is 2. The molecule has 21 heavy (non-hydrogen) atoms. The first-order chi connectivity index (χ1) is 10.1. The molecule has 0 aliphatic heterocycles. The predicted octanol–water partition coefficient (Wildman–Crippen LogP) is 2.00. The third-order valence-corrected chi connectivity index (χ3v) is 3.46. The van der Waals surface area contributed by atoms with Crippen LogP contribution in [0.1, 0.15) is 32.1 Å². The average molecular weight is 292 g/mol. The number of hydrogen-bond acceptors (Lipinski definition) is 2. The van der Waals surface area contributed by atoms with Gasteiger partial charge in [-0.1, -0.05) is 25.3 Å². The Morgan fingerprint density at radius 2 is 2.10 bits per heavy atom. The van der Waals surface area contributed by atoms with E-state index in [2.05, 4.69) is 15.6 Å². The van der Waals surface area contributed by atoms with Crippen LogP contribution >= 0.6 is 0 Å². The Bertz CT molecular complexity index is 512. The highest BCUT2D eigenvalue weighted by molar-refractivity contribution is 5.93. The Balaban J connectivity index is 1.77. The topological polar surface area (TPSA) is 79.5 Å². The molecule has 1 aromatic rings.